The number of carbonyl (C=O) groups excluding carboxylic acids is 1. The smallest absolute Gasteiger partial charge is 0.184 e. The molecular formula is C9H15BrN4O. The average Bonchev–Trinajstić information content (AvgIpc) is 2.55. The van der Waals surface area contributed by atoms with Crippen LogP contribution in [0.15, 0.2) is 4.60 Å². The van der Waals surface area contributed by atoms with Crippen LogP contribution in [-0.4, -0.2) is 27.3 Å². The highest BCUT2D eigenvalue weighted by Crippen LogP contribution is 2.17. The number of carbonyl (C=O) groups is 1. The fourth-order valence-electron chi connectivity index (χ4n) is 1.38. The first-order valence-electron chi connectivity index (χ1n) is 4.88. The Balaban J connectivity index is 2.77. The molecule has 1 atom stereocenters. The number of hydrogen-bond donors (Lipinski definition) is 1. The molecule has 0 aliphatic heterocycles. The zero-order valence-corrected chi connectivity index (χ0v) is 10.5. The molecule has 0 amide bonds. The number of halogens is 1. The molecule has 0 bridgehead atoms. The Bertz CT molecular complexity index is 326. The van der Waals surface area contributed by atoms with E-state index in [1.165, 1.54) is 4.68 Å². The third-order valence-electron chi connectivity index (χ3n) is 2.43. The van der Waals surface area contributed by atoms with Gasteiger partial charge in [-0.3, -0.25) is 4.79 Å². The fourth-order valence-corrected chi connectivity index (χ4v) is 1.93. The van der Waals surface area contributed by atoms with Gasteiger partial charge in [-0.05, 0) is 28.4 Å². The van der Waals surface area contributed by atoms with Crippen molar-refractivity contribution in [3.63, 3.8) is 0 Å². The largest absolute Gasteiger partial charge is 0.330 e. The van der Waals surface area contributed by atoms with Gasteiger partial charge in [0.2, 0.25) is 0 Å². The predicted molar refractivity (Wildman–Crippen MR) is 60.5 cm³/mol. The predicted octanol–water partition coefficient (Wildman–Crippen LogP) is 1.14. The molecule has 6 heteroatoms. The highest BCUT2D eigenvalue weighted by molar-refractivity contribution is 9.10. The fraction of sp³-hybridized carbons (Fsp3) is 0.667. The van der Waals surface area contributed by atoms with Gasteiger partial charge in [0.05, 0.1) is 0 Å². The summed E-state index contributed by atoms with van der Waals surface area (Å²) in [6, 6.07) is 0. The second-order valence-electron chi connectivity index (χ2n) is 3.49. The lowest BCUT2D eigenvalue weighted by Gasteiger charge is -2.10. The monoisotopic (exact) mass is 274 g/mol. The van der Waals surface area contributed by atoms with Crippen molar-refractivity contribution in [2.45, 2.75) is 19.8 Å². The third kappa shape index (κ3) is 2.85. The van der Waals surface area contributed by atoms with Crippen LogP contribution < -0.4 is 5.73 Å². The molecule has 1 aromatic heterocycles. The SMILES string of the molecule is CCC(CN)CC(=O)c1c(Br)nnn1C. The maximum Gasteiger partial charge on any atom is 0.184 e. The second kappa shape index (κ2) is 5.37. The van der Waals surface area contributed by atoms with Gasteiger partial charge in [-0.2, -0.15) is 0 Å². The van der Waals surface area contributed by atoms with Gasteiger partial charge in [0.25, 0.3) is 0 Å². The molecule has 0 saturated heterocycles. The first kappa shape index (κ1) is 12.3. The van der Waals surface area contributed by atoms with Crippen molar-refractivity contribution in [2.75, 3.05) is 6.54 Å². The molecule has 1 heterocycles. The summed E-state index contributed by atoms with van der Waals surface area (Å²) in [5, 5.41) is 7.54. The minimum atomic E-state index is 0.0340. The van der Waals surface area contributed by atoms with Gasteiger partial charge in [-0.1, -0.05) is 18.6 Å². The van der Waals surface area contributed by atoms with Gasteiger partial charge >= 0.3 is 0 Å². The van der Waals surface area contributed by atoms with Crippen LogP contribution in [-0.2, 0) is 7.05 Å². The number of rotatable bonds is 5. The highest BCUT2D eigenvalue weighted by Gasteiger charge is 2.19. The van der Waals surface area contributed by atoms with E-state index in [4.69, 9.17) is 5.73 Å². The summed E-state index contributed by atoms with van der Waals surface area (Å²) in [6.07, 6.45) is 1.36. The number of aryl methyl sites for hydroxylation is 1. The summed E-state index contributed by atoms with van der Waals surface area (Å²) >= 11 is 3.20. The molecule has 1 aromatic rings. The number of ketones is 1. The Morgan fingerprint density at radius 3 is 2.73 bits per heavy atom. The number of nitrogens with zero attached hydrogens (tertiary/aromatic N) is 3. The minimum Gasteiger partial charge on any atom is -0.330 e. The van der Waals surface area contributed by atoms with E-state index >= 15 is 0 Å². The van der Waals surface area contributed by atoms with E-state index in [0.717, 1.165) is 6.42 Å². The average molecular weight is 275 g/mol. The van der Waals surface area contributed by atoms with Crippen LogP contribution in [0, 0.1) is 5.92 Å². The van der Waals surface area contributed by atoms with Gasteiger partial charge < -0.3 is 5.73 Å². The lowest BCUT2D eigenvalue weighted by atomic mass is 9.99. The first-order chi connectivity index (χ1) is 7.10. The van der Waals surface area contributed by atoms with Crippen molar-refractivity contribution >= 4 is 21.7 Å². The van der Waals surface area contributed by atoms with E-state index in [0.29, 0.717) is 23.3 Å². The van der Waals surface area contributed by atoms with E-state index in [9.17, 15) is 4.79 Å². The molecule has 0 saturated carbocycles. The van der Waals surface area contributed by atoms with Crippen LogP contribution >= 0.6 is 15.9 Å². The molecule has 2 N–H and O–H groups in total. The molecule has 15 heavy (non-hydrogen) atoms. The second-order valence-corrected chi connectivity index (χ2v) is 4.24. The lowest BCUT2D eigenvalue weighted by molar-refractivity contribution is 0.0951. The molecule has 1 rings (SSSR count). The lowest BCUT2D eigenvalue weighted by Crippen LogP contribution is -2.19. The maximum absolute atomic E-state index is 11.9. The Morgan fingerprint density at radius 2 is 2.33 bits per heavy atom. The molecule has 1 unspecified atom stereocenters. The van der Waals surface area contributed by atoms with Crippen molar-refractivity contribution in [1.29, 1.82) is 0 Å². The number of aromatic nitrogens is 3. The van der Waals surface area contributed by atoms with E-state index in [1.807, 2.05) is 6.92 Å². The van der Waals surface area contributed by atoms with E-state index in [-0.39, 0.29) is 11.7 Å². The van der Waals surface area contributed by atoms with Crippen molar-refractivity contribution in [3.05, 3.63) is 10.3 Å². The molecule has 0 aliphatic rings. The Kier molecular flexibility index (Phi) is 4.41. The summed E-state index contributed by atoms with van der Waals surface area (Å²) in [5.41, 5.74) is 6.07. The molecule has 0 fully saturated rings. The van der Waals surface area contributed by atoms with Crippen molar-refractivity contribution in [1.82, 2.24) is 15.0 Å². The van der Waals surface area contributed by atoms with E-state index < -0.39 is 0 Å². The van der Waals surface area contributed by atoms with E-state index in [2.05, 4.69) is 26.2 Å². The highest BCUT2D eigenvalue weighted by atomic mass is 79.9. The van der Waals surface area contributed by atoms with E-state index in [1.54, 1.807) is 7.05 Å². The van der Waals surface area contributed by atoms with Crippen LogP contribution in [0.5, 0.6) is 0 Å². The summed E-state index contributed by atoms with van der Waals surface area (Å²) in [4.78, 5) is 11.9. The summed E-state index contributed by atoms with van der Waals surface area (Å²) in [5.74, 6) is 0.269. The minimum absolute atomic E-state index is 0.0340. The zero-order chi connectivity index (χ0) is 11.4. The van der Waals surface area contributed by atoms with Gasteiger partial charge in [-0.15, -0.1) is 5.10 Å². The van der Waals surface area contributed by atoms with Crippen molar-refractivity contribution in [3.8, 4) is 0 Å². The Morgan fingerprint density at radius 1 is 1.67 bits per heavy atom. The summed E-state index contributed by atoms with van der Waals surface area (Å²) in [7, 11) is 1.70. The topological polar surface area (TPSA) is 73.8 Å². The number of nitrogens with two attached hydrogens (primary N) is 1. The van der Waals surface area contributed by atoms with Gasteiger partial charge in [0.1, 0.15) is 5.69 Å². The van der Waals surface area contributed by atoms with Crippen molar-refractivity contribution < 1.29 is 4.79 Å². The van der Waals surface area contributed by atoms with Crippen LogP contribution in [0.1, 0.15) is 30.3 Å². The third-order valence-corrected chi connectivity index (χ3v) is 2.97. The molecule has 0 spiro atoms. The number of hydrogen-bond acceptors (Lipinski definition) is 4. The summed E-state index contributed by atoms with van der Waals surface area (Å²) < 4.78 is 1.98. The molecule has 0 aromatic carbocycles. The molecule has 84 valence electrons. The van der Waals surface area contributed by atoms with Gasteiger partial charge in [0.15, 0.2) is 10.4 Å². The molecule has 5 nitrogen and oxygen atoms in total. The van der Waals surface area contributed by atoms with Gasteiger partial charge in [-0.25, -0.2) is 4.68 Å². The Hall–Kier alpha value is -0.750. The number of Topliss-reactive ketones (excluding diaryl/α,β-unsaturated/α-hetero) is 1. The summed E-state index contributed by atoms with van der Waals surface area (Å²) in [6.45, 7) is 2.56. The molecule has 0 aliphatic carbocycles. The molecular weight excluding hydrogens is 260 g/mol. The van der Waals surface area contributed by atoms with Crippen LogP contribution in [0.3, 0.4) is 0 Å². The van der Waals surface area contributed by atoms with Crippen LogP contribution in [0.2, 0.25) is 0 Å². The first-order valence-corrected chi connectivity index (χ1v) is 5.67. The molecule has 0 radical (unpaired) electrons. The Labute approximate surface area is 97.2 Å². The maximum atomic E-state index is 11.9. The van der Waals surface area contributed by atoms with Gasteiger partial charge in [0, 0.05) is 13.5 Å². The van der Waals surface area contributed by atoms with Crippen molar-refractivity contribution in [2.24, 2.45) is 18.7 Å². The van der Waals surface area contributed by atoms with Crippen LogP contribution in [0.25, 0.3) is 0 Å². The quantitative estimate of drug-likeness (QED) is 0.818. The standard InChI is InChI=1S/C9H15BrN4O/c1-3-6(5-11)4-7(15)8-9(10)12-13-14(8)2/h6H,3-5,11H2,1-2H3. The normalized spacial score (nSPS) is 12.8. The van der Waals surface area contributed by atoms with Crippen LogP contribution in [0.4, 0.5) is 0 Å². The zero-order valence-electron chi connectivity index (χ0n) is 8.90.